The number of ether oxygens (including phenoxy) is 3. The summed E-state index contributed by atoms with van der Waals surface area (Å²) in [6.07, 6.45) is 2.69. The molecule has 0 aliphatic rings. The number of nitrogens with two attached hydrogens (primary N) is 1. The maximum absolute atomic E-state index is 5.93. The molecule has 0 bridgehead atoms. The van der Waals surface area contributed by atoms with E-state index in [9.17, 15) is 0 Å². The van der Waals surface area contributed by atoms with Gasteiger partial charge in [0.2, 0.25) is 0 Å². The SMILES string of the molecule is C=CCCOCCNc1cc(OC)c(OC)cc1N. The third kappa shape index (κ3) is 4.71. The molecule has 1 aromatic rings. The van der Waals surface area contributed by atoms with Crippen LogP contribution >= 0.6 is 0 Å². The fourth-order valence-electron chi connectivity index (χ4n) is 1.57. The molecule has 0 spiro atoms. The number of anilines is 2. The van der Waals surface area contributed by atoms with Crippen molar-refractivity contribution < 1.29 is 14.2 Å². The number of nitrogen functional groups attached to an aromatic ring is 1. The minimum atomic E-state index is 0.613. The molecule has 0 saturated carbocycles. The second kappa shape index (κ2) is 8.26. The molecule has 0 fully saturated rings. The van der Waals surface area contributed by atoms with Gasteiger partial charge in [-0.3, -0.25) is 0 Å². The Bertz CT molecular complexity index is 408. The number of hydrogen-bond acceptors (Lipinski definition) is 5. The summed E-state index contributed by atoms with van der Waals surface area (Å²) in [5, 5.41) is 3.20. The fraction of sp³-hybridized carbons (Fsp3) is 0.429. The van der Waals surface area contributed by atoms with E-state index in [0.717, 1.165) is 12.1 Å². The number of benzene rings is 1. The first-order valence-corrected chi connectivity index (χ1v) is 6.17. The minimum Gasteiger partial charge on any atom is -0.493 e. The summed E-state index contributed by atoms with van der Waals surface area (Å²) in [5.74, 6) is 1.26. The molecule has 0 aliphatic heterocycles. The van der Waals surface area contributed by atoms with Crippen molar-refractivity contribution >= 4 is 11.4 Å². The van der Waals surface area contributed by atoms with Crippen LogP contribution in [0.2, 0.25) is 0 Å². The van der Waals surface area contributed by atoms with Gasteiger partial charge in [-0.25, -0.2) is 0 Å². The normalized spacial score (nSPS) is 10.0. The molecule has 5 nitrogen and oxygen atoms in total. The summed E-state index contributed by atoms with van der Waals surface area (Å²) in [5.41, 5.74) is 7.36. The molecule has 0 unspecified atom stereocenters. The monoisotopic (exact) mass is 266 g/mol. The highest BCUT2D eigenvalue weighted by atomic mass is 16.5. The van der Waals surface area contributed by atoms with E-state index in [-0.39, 0.29) is 0 Å². The second-order valence-electron chi connectivity index (χ2n) is 3.91. The standard InChI is InChI=1S/C14H22N2O3/c1-4-5-7-19-8-6-16-12-10-14(18-3)13(17-2)9-11(12)15/h4,9-10,16H,1,5-8,15H2,2-3H3. The molecule has 0 heterocycles. The summed E-state index contributed by atoms with van der Waals surface area (Å²) >= 11 is 0. The summed E-state index contributed by atoms with van der Waals surface area (Å²) < 4.78 is 15.8. The van der Waals surface area contributed by atoms with Crippen molar-refractivity contribution in [1.82, 2.24) is 0 Å². The third-order valence-corrected chi connectivity index (χ3v) is 2.58. The first-order chi connectivity index (χ1) is 9.22. The first kappa shape index (κ1) is 15.2. The van der Waals surface area contributed by atoms with E-state index in [1.54, 1.807) is 20.3 Å². The van der Waals surface area contributed by atoms with Crippen molar-refractivity contribution in [2.75, 3.05) is 45.0 Å². The topological polar surface area (TPSA) is 65.7 Å². The predicted octanol–water partition coefficient (Wildman–Crippen LogP) is 2.29. The van der Waals surface area contributed by atoms with Gasteiger partial charge in [-0.2, -0.15) is 0 Å². The van der Waals surface area contributed by atoms with Crippen LogP contribution in [-0.4, -0.2) is 34.0 Å². The maximum atomic E-state index is 5.93. The molecule has 0 aliphatic carbocycles. The summed E-state index contributed by atoms with van der Waals surface area (Å²) in [7, 11) is 3.17. The molecule has 0 amide bonds. The molecule has 0 radical (unpaired) electrons. The second-order valence-corrected chi connectivity index (χ2v) is 3.91. The molecule has 1 rings (SSSR count). The van der Waals surface area contributed by atoms with E-state index >= 15 is 0 Å². The van der Waals surface area contributed by atoms with Crippen LogP contribution in [-0.2, 0) is 4.74 Å². The fourth-order valence-corrected chi connectivity index (χ4v) is 1.57. The van der Waals surface area contributed by atoms with E-state index in [1.165, 1.54) is 0 Å². The van der Waals surface area contributed by atoms with E-state index < -0.39 is 0 Å². The number of nitrogens with one attached hydrogen (secondary N) is 1. The Morgan fingerprint density at radius 1 is 1.21 bits per heavy atom. The zero-order valence-corrected chi connectivity index (χ0v) is 11.6. The zero-order chi connectivity index (χ0) is 14.1. The largest absolute Gasteiger partial charge is 0.493 e. The molecule has 0 saturated heterocycles. The Kier molecular flexibility index (Phi) is 6.60. The molecule has 3 N–H and O–H groups in total. The van der Waals surface area contributed by atoms with Crippen LogP contribution in [0.5, 0.6) is 11.5 Å². The van der Waals surface area contributed by atoms with Gasteiger partial charge in [0.15, 0.2) is 11.5 Å². The van der Waals surface area contributed by atoms with Crippen molar-refractivity contribution in [1.29, 1.82) is 0 Å². The summed E-state index contributed by atoms with van der Waals surface area (Å²) in [4.78, 5) is 0. The number of methoxy groups -OCH3 is 2. The van der Waals surface area contributed by atoms with Gasteiger partial charge in [0.25, 0.3) is 0 Å². The van der Waals surface area contributed by atoms with Gasteiger partial charge < -0.3 is 25.3 Å². The lowest BCUT2D eigenvalue weighted by Crippen LogP contribution is -2.11. The van der Waals surface area contributed by atoms with Gasteiger partial charge in [-0.1, -0.05) is 6.08 Å². The molecule has 0 aromatic heterocycles. The van der Waals surface area contributed by atoms with Crippen LogP contribution in [0.3, 0.4) is 0 Å². The third-order valence-electron chi connectivity index (χ3n) is 2.58. The van der Waals surface area contributed by atoms with Gasteiger partial charge in [-0.05, 0) is 6.42 Å². The average molecular weight is 266 g/mol. The van der Waals surface area contributed by atoms with E-state index in [4.69, 9.17) is 19.9 Å². The lowest BCUT2D eigenvalue weighted by molar-refractivity contribution is 0.149. The van der Waals surface area contributed by atoms with Crippen LogP contribution in [0.25, 0.3) is 0 Å². The van der Waals surface area contributed by atoms with Crippen molar-refractivity contribution in [3.63, 3.8) is 0 Å². The Morgan fingerprint density at radius 2 is 1.89 bits per heavy atom. The van der Waals surface area contributed by atoms with Gasteiger partial charge in [0, 0.05) is 18.7 Å². The van der Waals surface area contributed by atoms with E-state index in [0.29, 0.717) is 36.9 Å². The van der Waals surface area contributed by atoms with Crippen molar-refractivity contribution in [2.24, 2.45) is 0 Å². The van der Waals surface area contributed by atoms with E-state index in [2.05, 4.69) is 11.9 Å². The smallest absolute Gasteiger partial charge is 0.162 e. The van der Waals surface area contributed by atoms with Crippen LogP contribution in [0.4, 0.5) is 11.4 Å². The van der Waals surface area contributed by atoms with Gasteiger partial charge in [0.05, 0.1) is 38.8 Å². The Labute approximate surface area is 114 Å². The van der Waals surface area contributed by atoms with Crippen molar-refractivity contribution in [3.8, 4) is 11.5 Å². The highest BCUT2D eigenvalue weighted by Crippen LogP contribution is 2.34. The molecular formula is C14H22N2O3. The molecule has 1 aromatic carbocycles. The zero-order valence-electron chi connectivity index (χ0n) is 11.6. The molecule has 19 heavy (non-hydrogen) atoms. The number of rotatable bonds is 9. The molecule has 0 atom stereocenters. The van der Waals surface area contributed by atoms with Crippen LogP contribution in [0, 0.1) is 0 Å². The maximum Gasteiger partial charge on any atom is 0.162 e. The minimum absolute atomic E-state index is 0.613. The lowest BCUT2D eigenvalue weighted by Gasteiger charge is -2.14. The molecular weight excluding hydrogens is 244 g/mol. The van der Waals surface area contributed by atoms with Crippen LogP contribution < -0.4 is 20.5 Å². The molecule has 5 heteroatoms. The Morgan fingerprint density at radius 3 is 2.53 bits per heavy atom. The number of hydrogen-bond donors (Lipinski definition) is 2. The van der Waals surface area contributed by atoms with Gasteiger partial charge in [0.1, 0.15) is 0 Å². The summed E-state index contributed by atoms with van der Waals surface area (Å²) in [6.45, 7) is 5.61. The van der Waals surface area contributed by atoms with Crippen molar-refractivity contribution in [2.45, 2.75) is 6.42 Å². The lowest BCUT2D eigenvalue weighted by atomic mass is 10.2. The summed E-state index contributed by atoms with van der Waals surface area (Å²) in [6, 6.07) is 3.55. The quantitative estimate of drug-likeness (QED) is 0.408. The van der Waals surface area contributed by atoms with Crippen molar-refractivity contribution in [3.05, 3.63) is 24.8 Å². The highest BCUT2D eigenvalue weighted by molar-refractivity contribution is 5.72. The average Bonchev–Trinajstić information content (AvgIpc) is 2.43. The predicted molar refractivity (Wildman–Crippen MR) is 78.1 cm³/mol. The Balaban J connectivity index is 2.51. The van der Waals surface area contributed by atoms with Crippen LogP contribution in [0.1, 0.15) is 6.42 Å². The molecule has 106 valence electrons. The van der Waals surface area contributed by atoms with E-state index in [1.807, 2.05) is 12.1 Å². The van der Waals surface area contributed by atoms with Crippen LogP contribution in [0.15, 0.2) is 24.8 Å². The van der Waals surface area contributed by atoms with Gasteiger partial charge >= 0.3 is 0 Å². The van der Waals surface area contributed by atoms with Gasteiger partial charge in [-0.15, -0.1) is 6.58 Å². The first-order valence-electron chi connectivity index (χ1n) is 6.17. The highest BCUT2D eigenvalue weighted by Gasteiger charge is 2.08. The Hall–Kier alpha value is -1.88.